The molecular formula is C7H5F3O2. The molecule has 0 atom stereocenters. The van der Waals surface area contributed by atoms with Crippen LogP contribution in [0.2, 0.25) is 0 Å². The molecule has 1 aromatic carbocycles. The van der Waals surface area contributed by atoms with Crippen molar-refractivity contribution in [2.75, 3.05) is 7.11 Å². The molecule has 2 nitrogen and oxygen atoms in total. The molecule has 0 fully saturated rings. The average Bonchev–Trinajstić information content (AvgIpc) is 2.02. The van der Waals surface area contributed by atoms with Gasteiger partial charge < -0.3 is 9.84 Å². The third kappa shape index (κ3) is 1.17. The van der Waals surface area contributed by atoms with Crippen molar-refractivity contribution < 1.29 is 23.0 Å². The van der Waals surface area contributed by atoms with E-state index in [1.807, 2.05) is 0 Å². The third-order valence-electron chi connectivity index (χ3n) is 1.30. The van der Waals surface area contributed by atoms with Gasteiger partial charge in [0.2, 0.25) is 11.6 Å². The summed E-state index contributed by atoms with van der Waals surface area (Å²) in [7, 11) is 0.973. The Bertz CT molecular complexity index is 286. The van der Waals surface area contributed by atoms with Gasteiger partial charge in [0, 0.05) is 6.07 Å². The van der Waals surface area contributed by atoms with Crippen molar-refractivity contribution in [2.45, 2.75) is 0 Å². The fourth-order valence-electron chi connectivity index (χ4n) is 0.747. The predicted molar refractivity (Wildman–Crippen MR) is 34.5 cm³/mol. The summed E-state index contributed by atoms with van der Waals surface area (Å²) in [6.07, 6.45) is 0. The first kappa shape index (κ1) is 8.70. The first-order chi connectivity index (χ1) is 5.57. The molecule has 0 unspecified atom stereocenters. The molecule has 0 heterocycles. The van der Waals surface area contributed by atoms with E-state index in [2.05, 4.69) is 4.74 Å². The number of hydrogen-bond acceptors (Lipinski definition) is 2. The molecular weight excluding hydrogens is 173 g/mol. The van der Waals surface area contributed by atoms with E-state index in [-0.39, 0.29) is 0 Å². The summed E-state index contributed by atoms with van der Waals surface area (Å²) < 4.78 is 41.9. The Morgan fingerprint density at radius 3 is 2.33 bits per heavy atom. The van der Waals surface area contributed by atoms with Crippen molar-refractivity contribution in [3.05, 3.63) is 23.5 Å². The van der Waals surface area contributed by atoms with Gasteiger partial charge in [0.25, 0.3) is 0 Å². The number of ether oxygens (including phenoxy) is 1. The molecule has 5 heteroatoms. The number of hydrogen-bond donors (Lipinski definition) is 1. The lowest BCUT2D eigenvalue weighted by Gasteiger charge is -2.04. The quantitative estimate of drug-likeness (QED) is 0.664. The van der Waals surface area contributed by atoms with Gasteiger partial charge in [-0.15, -0.1) is 0 Å². The Morgan fingerprint density at radius 1 is 1.25 bits per heavy atom. The Morgan fingerprint density at radius 2 is 1.83 bits per heavy atom. The van der Waals surface area contributed by atoms with Crippen LogP contribution in [0.15, 0.2) is 6.07 Å². The lowest BCUT2D eigenvalue weighted by molar-refractivity contribution is 0.329. The molecule has 12 heavy (non-hydrogen) atoms. The van der Waals surface area contributed by atoms with E-state index < -0.39 is 29.0 Å². The summed E-state index contributed by atoms with van der Waals surface area (Å²) in [6.45, 7) is 0. The van der Waals surface area contributed by atoms with E-state index in [1.54, 1.807) is 0 Å². The molecule has 0 saturated heterocycles. The maximum atomic E-state index is 12.7. The van der Waals surface area contributed by atoms with Crippen LogP contribution in [-0.2, 0) is 0 Å². The lowest BCUT2D eigenvalue weighted by Crippen LogP contribution is -1.96. The van der Waals surface area contributed by atoms with Gasteiger partial charge in [-0.3, -0.25) is 0 Å². The van der Waals surface area contributed by atoms with Gasteiger partial charge >= 0.3 is 0 Å². The minimum atomic E-state index is -1.45. The Balaban J connectivity index is 3.42. The van der Waals surface area contributed by atoms with Crippen LogP contribution in [0.1, 0.15) is 0 Å². The van der Waals surface area contributed by atoms with Crippen LogP contribution >= 0.6 is 0 Å². The lowest BCUT2D eigenvalue weighted by atomic mass is 10.3. The summed E-state index contributed by atoms with van der Waals surface area (Å²) >= 11 is 0. The zero-order valence-corrected chi connectivity index (χ0v) is 6.07. The second kappa shape index (κ2) is 2.92. The molecule has 0 amide bonds. The average molecular weight is 178 g/mol. The largest absolute Gasteiger partial charge is 0.505 e. The maximum Gasteiger partial charge on any atom is 0.209 e. The Kier molecular flexibility index (Phi) is 2.12. The SMILES string of the molecule is COc1c(F)c(O)cc(F)c1F. The van der Waals surface area contributed by atoms with Crippen molar-refractivity contribution in [1.29, 1.82) is 0 Å². The fraction of sp³-hybridized carbons (Fsp3) is 0.143. The first-order valence-corrected chi connectivity index (χ1v) is 2.98. The summed E-state index contributed by atoms with van der Waals surface area (Å²) in [5.74, 6) is -6.02. The highest BCUT2D eigenvalue weighted by Crippen LogP contribution is 2.30. The van der Waals surface area contributed by atoms with Gasteiger partial charge in [0.1, 0.15) is 0 Å². The van der Waals surface area contributed by atoms with E-state index in [1.165, 1.54) is 0 Å². The van der Waals surface area contributed by atoms with E-state index in [0.29, 0.717) is 6.07 Å². The van der Waals surface area contributed by atoms with Crippen LogP contribution in [0.3, 0.4) is 0 Å². The molecule has 0 aliphatic carbocycles. The molecule has 66 valence electrons. The van der Waals surface area contributed by atoms with Crippen molar-refractivity contribution in [3.8, 4) is 11.5 Å². The van der Waals surface area contributed by atoms with Crippen molar-refractivity contribution in [1.82, 2.24) is 0 Å². The smallest absolute Gasteiger partial charge is 0.209 e. The molecule has 0 aliphatic rings. The number of rotatable bonds is 1. The number of aromatic hydroxyl groups is 1. The standard InChI is InChI=1S/C7H5F3O2/c1-12-7-5(9)3(8)2-4(11)6(7)10/h2,11H,1H3. The summed E-state index contributed by atoms with van der Waals surface area (Å²) in [5, 5.41) is 8.67. The van der Waals surface area contributed by atoms with Crippen LogP contribution in [0, 0.1) is 17.5 Å². The Hall–Kier alpha value is -1.39. The van der Waals surface area contributed by atoms with Crippen molar-refractivity contribution in [3.63, 3.8) is 0 Å². The second-order valence-electron chi connectivity index (χ2n) is 2.04. The number of halogens is 3. The molecule has 0 radical (unpaired) electrons. The van der Waals surface area contributed by atoms with Gasteiger partial charge in [0.05, 0.1) is 7.11 Å². The van der Waals surface area contributed by atoms with Crippen molar-refractivity contribution in [2.24, 2.45) is 0 Å². The summed E-state index contributed by atoms with van der Waals surface area (Å²) in [4.78, 5) is 0. The number of phenolic OH excluding ortho intramolecular Hbond substituents is 1. The summed E-state index contributed by atoms with van der Waals surface area (Å²) in [6, 6.07) is 0.340. The van der Waals surface area contributed by atoms with Gasteiger partial charge in [-0.05, 0) is 0 Å². The molecule has 1 rings (SSSR count). The van der Waals surface area contributed by atoms with Crippen LogP contribution in [0.4, 0.5) is 13.2 Å². The zero-order chi connectivity index (χ0) is 9.30. The van der Waals surface area contributed by atoms with E-state index in [4.69, 9.17) is 5.11 Å². The van der Waals surface area contributed by atoms with Crippen LogP contribution in [0.5, 0.6) is 11.5 Å². The highest BCUT2D eigenvalue weighted by Gasteiger charge is 2.18. The minimum Gasteiger partial charge on any atom is -0.505 e. The molecule has 0 spiro atoms. The molecule has 0 bridgehead atoms. The third-order valence-corrected chi connectivity index (χ3v) is 1.30. The minimum absolute atomic E-state index is 0.340. The van der Waals surface area contributed by atoms with E-state index in [0.717, 1.165) is 7.11 Å². The fourth-order valence-corrected chi connectivity index (χ4v) is 0.747. The number of methoxy groups -OCH3 is 1. The Labute approximate surface area is 66.2 Å². The van der Waals surface area contributed by atoms with Crippen LogP contribution in [0.25, 0.3) is 0 Å². The monoisotopic (exact) mass is 178 g/mol. The molecule has 0 aromatic heterocycles. The summed E-state index contributed by atoms with van der Waals surface area (Å²) in [5.41, 5.74) is 0. The number of benzene rings is 1. The number of phenols is 1. The predicted octanol–water partition coefficient (Wildman–Crippen LogP) is 1.82. The van der Waals surface area contributed by atoms with Gasteiger partial charge in [0.15, 0.2) is 17.3 Å². The first-order valence-electron chi connectivity index (χ1n) is 2.98. The van der Waals surface area contributed by atoms with Crippen molar-refractivity contribution >= 4 is 0 Å². The van der Waals surface area contributed by atoms with Crippen LogP contribution in [-0.4, -0.2) is 12.2 Å². The second-order valence-corrected chi connectivity index (χ2v) is 2.04. The highest BCUT2D eigenvalue weighted by molar-refractivity contribution is 5.36. The highest BCUT2D eigenvalue weighted by atomic mass is 19.2. The van der Waals surface area contributed by atoms with E-state index in [9.17, 15) is 13.2 Å². The van der Waals surface area contributed by atoms with Gasteiger partial charge in [-0.25, -0.2) is 4.39 Å². The zero-order valence-electron chi connectivity index (χ0n) is 6.07. The molecule has 1 aromatic rings. The molecule has 0 saturated carbocycles. The molecule has 0 aliphatic heterocycles. The van der Waals surface area contributed by atoms with Gasteiger partial charge in [-0.2, -0.15) is 8.78 Å². The van der Waals surface area contributed by atoms with E-state index >= 15 is 0 Å². The van der Waals surface area contributed by atoms with Crippen LogP contribution < -0.4 is 4.74 Å². The maximum absolute atomic E-state index is 12.7. The van der Waals surface area contributed by atoms with Gasteiger partial charge in [-0.1, -0.05) is 0 Å². The molecule has 1 N–H and O–H groups in total. The topological polar surface area (TPSA) is 29.5 Å². The normalized spacial score (nSPS) is 10.0.